The molecule has 1 aliphatic carbocycles. The quantitative estimate of drug-likeness (QED) is 0.750. The molecule has 3 aromatic rings. The molecule has 1 aromatic heterocycles. The number of ether oxygens (including phenoxy) is 1. The minimum absolute atomic E-state index is 0.859. The van der Waals surface area contributed by atoms with Crippen LogP contribution < -0.4 is 10.1 Å². The second-order valence-electron chi connectivity index (χ2n) is 5.96. The third-order valence-corrected chi connectivity index (χ3v) is 4.54. The Labute approximate surface area is 136 Å². The van der Waals surface area contributed by atoms with Crippen molar-refractivity contribution in [2.45, 2.75) is 25.7 Å². The van der Waals surface area contributed by atoms with Gasteiger partial charge in [-0.15, -0.1) is 0 Å². The SMILES string of the molecule is COc1ccccc1Nc1c2c(nc3ccccc13)CCCC2. The van der Waals surface area contributed by atoms with E-state index in [2.05, 4.69) is 35.6 Å². The molecule has 1 aliphatic rings. The molecule has 3 heteroatoms. The summed E-state index contributed by atoms with van der Waals surface area (Å²) in [4.78, 5) is 4.89. The molecule has 4 rings (SSSR count). The predicted octanol–water partition coefficient (Wildman–Crippen LogP) is 4.87. The zero-order valence-electron chi connectivity index (χ0n) is 13.3. The summed E-state index contributed by atoms with van der Waals surface area (Å²) in [5.74, 6) is 0.859. The minimum Gasteiger partial charge on any atom is -0.495 e. The molecule has 0 aliphatic heterocycles. The van der Waals surface area contributed by atoms with Gasteiger partial charge in [-0.05, 0) is 49.4 Å². The maximum atomic E-state index is 5.50. The van der Waals surface area contributed by atoms with Gasteiger partial charge in [0.15, 0.2) is 0 Å². The van der Waals surface area contributed by atoms with Gasteiger partial charge in [0.2, 0.25) is 0 Å². The zero-order valence-corrected chi connectivity index (χ0v) is 13.3. The van der Waals surface area contributed by atoms with E-state index < -0.39 is 0 Å². The molecule has 0 bridgehead atoms. The topological polar surface area (TPSA) is 34.1 Å². The Hall–Kier alpha value is -2.55. The van der Waals surface area contributed by atoms with Crippen molar-refractivity contribution in [2.75, 3.05) is 12.4 Å². The van der Waals surface area contributed by atoms with Crippen molar-refractivity contribution in [2.24, 2.45) is 0 Å². The van der Waals surface area contributed by atoms with E-state index in [1.54, 1.807) is 7.11 Å². The molecule has 0 radical (unpaired) electrons. The number of fused-ring (bicyclic) bond motifs is 2. The highest BCUT2D eigenvalue weighted by Gasteiger charge is 2.18. The van der Waals surface area contributed by atoms with E-state index in [0.717, 1.165) is 29.8 Å². The highest BCUT2D eigenvalue weighted by Crippen LogP contribution is 2.37. The number of hydrogen-bond acceptors (Lipinski definition) is 3. The molecule has 0 atom stereocenters. The number of anilines is 2. The average molecular weight is 304 g/mol. The number of para-hydroxylation sites is 3. The molecule has 116 valence electrons. The Balaban J connectivity index is 1.91. The van der Waals surface area contributed by atoms with E-state index in [0.29, 0.717) is 0 Å². The van der Waals surface area contributed by atoms with Crippen molar-refractivity contribution in [3.8, 4) is 5.75 Å². The van der Waals surface area contributed by atoms with Gasteiger partial charge in [0, 0.05) is 11.1 Å². The van der Waals surface area contributed by atoms with Crippen molar-refractivity contribution in [1.29, 1.82) is 0 Å². The molecule has 0 spiro atoms. The Morgan fingerprint density at radius 1 is 0.957 bits per heavy atom. The van der Waals surface area contributed by atoms with Crippen LogP contribution in [0.2, 0.25) is 0 Å². The molecule has 23 heavy (non-hydrogen) atoms. The Morgan fingerprint density at radius 2 is 1.74 bits per heavy atom. The monoisotopic (exact) mass is 304 g/mol. The van der Waals surface area contributed by atoms with E-state index in [1.165, 1.54) is 35.2 Å². The molecular weight excluding hydrogens is 284 g/mol. The first-order chi connectivity index (χ1) is 11.4. The number of aromatic nitrogens is 1. The molecule has 0 amide bonds. The second kappa shape index (κ2) is 5.92. The lowest BCUT2D eigenvalue weighted by atomic mass is 9.92. The summed E-state index contributed by atoms with van der Waals surface area (Å²) in [6.45, 7) is 0. The summed E-state index contributed by atoms with van der Waals surface area (Å²) in [6.07, 6.45) is 4.62. The van der Waals surface area contributed by atoms with Gasteiger partial charge < -0.3 is 10.1 Å². The highest BCUT2D eigenvalue weighted by atomic mass is 16.5. The van der Waals surface area contributed by atoms with Crippen molar-refractivity contribution in [3.05, 3.63) is 59.8 Å². The first-order valence-electron chi connectivity index (χ1n) is 8.17. The smallest absolute Gasteiger partial charge is 0.142 e. The number of nitrogens with zero attached hydrogens (tertiary/aromatic N) is 1. The summed E-state index contributed by atoms with van der Waals surface area (Å²) >= 11 is 0. The van der Waals surface area contributed by atoms with Crippen LogP contribution in [0.1, 0.15) is 24.1 Å². The van der Waals surface area contributed by atoms with Crippen LogP contribution in [0.5, 0.6) is 5.75 Å². The second-order valence-corrected chi connectivity index (χ2v) is 5.96. The largest absolute Gasteiger partial charge is 0.495 e. The third-order valence-electron chi connectivity index (χ3n) is 4.54. The van der Waals surface area contributed by atoms with E-state index >= 15 is 0 Å². The van der Waals surface area contributed by atoms with Gasteiger partial charge >= 0.3 is 0 Å². The molecule has 1 N–H and O–H groups in total. The molecule has 2 aromatic carbocycles. The van der Waals surface area contributed by atoms with Crippen LogP contribution in [0.3, 0.4) is 0 Å². The van der Waals surface area contributed by atoms with Crippen LogP contribution in [-0.4, -0.2) is 12.1 Å². The van der Waals surface area contributed by atoms with E-state index in [1.807, 2.05) is 18.2 Å². The molecule has 0 saturated carbocycles. The van der Waals surface area contributed by atoms with Gasteiger partial charge in [0.25, 0.3) is 0 Å². The molecule has 0 unspecified atom stereocenters. The van der Waals surface area contributed by atoms with Gasteiger partial charge in [-0.3, -0.25) is 4.98 Å². The van der Waals surface area contributed by atoms with Gasteiger partial charge in [-0.1, -0.05) is 30.3 Å². The van der Waals surface area contributed by atoms with E-state index in [9.17, 15) is 0 Å². The van der Waals surface area contributed by atoms with E-state index in [4.69, 9.17) is 9.72 Å². The van der Waals surface area contributed by atoms with E-state index in [-0.39, 0.29) is 0 Å². The van der Waals surface area contributed by atoms with Crippen molar-refractivity contribution in [1.82, 2.24) is 4.98 Å². The molecule has 0 saturated heterocycles. The van der Waals surface area contributed by atoms with Crippen molar-refractivity contribution >= 4 is 22.3 Å². The summed E-state index contributed by atoms with van der Waals surface area (Å²) in [6, 6.07) is 16.4. The molecule has 0 fully saturated rings. The third kappa shape index (κ3) is 2.52. The lowest BCUT2D eigenvalue weighted by Crippen LogP contribution is -2.09. The summed E-state index contributed by atoms with van der Waals surface area (Å²) in [7, 11) is 1.71. The minimum atomic E-state index is 0.859. The number of rotatable bonds is 3. The van der Waals surface area contributed by atoms with Crippen LogP contribution in [0.25, 0.3) is 10.9 Å². The van der Waals surface area contributed by atoms with Crippen LogP contribution >= 0.6 is 0 Å². The summed E-state index contributed by atoms with van der Waals surface area (Å²) < 4.78 is 5.50. The number of methoxy groups -OCH3 is 1. The van der Waals surface area contributed by atoms with Crippen LogP contribution in [0.4, 0.5) is 11.4 Å². The molecule has 3 nitrogen and oxygen atoms in total. The van der Waals surface area contributed by atoms with Crippen LogP contribution in [0.15, 0.2) is 48.5 Å². The van der Waals surface area contributed by atoms with Gasteiger partial charge in [-0.25, -0.2) is 0 Å². The molecule has 1 heterocycles. The average Bonchev–Trinajstić information content (AvgIpc) is 2.62. The number of nitrogens with one attached hydrogen (secondary N) is 1. The highest BCUT2D eigenvalue weighted by molar-refractivity contribution is 5.95. The number of aryl methyl sites for hydroxylation is 1. The standard InChI is InChI=1S/C20H20N2O/c1-23-19-13-7-6-12-18(19)22-20-14-8-2-4-10-16(14)21-17-11-5-3-9-15(17)20/h2,4,6-8,10,12-13H,3,5,9,11H2,1H3,(H,21,22). The Morgan fingerprint density at radius 3 is 2.65 bits per heavy atom. The normalized spacial score (nSPS) is 13.6. The fraction of sp³-hybridized carbons (Fsp3) is 0.250. The first-order valence-corrected chi connectivity index (χ1v) is 8.17. The fourth-order valence-electron chi connectivity index (χ4n) is 3.40. The first kappa shape index (κ1) is 14.1. The van der Waals surface area contributed by atoms with Gasteiger partial charge in [0.1, 0.15) is 5.75 Å². The number of hydrogen-bond donors (Lipinski definition) is 1. The Bertz CT molecular complexity index is 857. The van der Waals surface area contributed by atoms with Gasteiger partial charge in [-0.2, -0.15) is 0 Å². The lowest BCUT2D eigenvalue weighted by molar-refractivity contribution is 0.417. The zero-order chi connectivity index (χ0) is 15.6. The Kier molecular flexibility index (Phi) is 3.62. The predicted molar refractivity (Wildman–Crippen MR) is 94.7 cm³/mol. The van der Waals surface area contributed by atoms with Crippen molar-refractivity contribution in [3.63, 3.8) is 0 Å². The summed E-state index contributed by atoms with van der Waals surface area (Å²) in [5.41, 5.74) is 5.85. The van der Waals surface area contributed by atoms with Crippen molar-refractivity contribution < 1.29 is 4.74 Å². The van der Waals surface area contributed by atoms with Crippen LogP contribution in [-0.2, 0) is 12.8 Å². The maximum absolute atomic E-state index is 5.50. The number of pyridine rings is 1. The number of benzene rings is 2. The molecular formula is C20H20N2O. The van der Waals surface area contributed by atoms with Crippen LogP contribution in [0, 0.1) is 0 Å². The summed E-state index contributed by atoms with van der Waals surface area (Å²) in [5, 5.41) is 4.81. The fourth-order valence-corrected chi connectivity index (χ4v) is 3.40. The maximum Gasteiger partial charge on any atom is 0.142 e. The lowest BCUT2D eigenvalue weighted by Gasteiger charge is -2.22. The van der Waals surface area contributed by atoms with Gasteiger partial charge in [0.05, 0.1) is 24.0 Å².